The predicted molar refractivity (Wildman–Crippen MR) is 94.9 cm³/mol. The number of fused-ring (bicyclic) bond motifs is 1. The average Bonchev–Trinajstić information content (AvgIpc) is 3.17. The van der Waals surface area contributed by atoms with Crippen LogP contribution in [-0.4, -0.2) is 21.0 Å². The molecule has 0 saturated carbocycles. The van der Waals surface area contributed by atoms with Crippen LogP contribution in [-0.2, 0) is 20.0 Å². The second-order valence-corrected chi connectivity index (χ2v) is 7.28. The predicted octanol–water partition coefficient (Wildman–Crippen LogP) is 4.28. The highest BCUT2D eigenvalue weighted by Gasteiger charge is 2.30. The fourth-order valence-corrected chi connectivity index (χ4v) is 4.37. The van der Waals surface area contributed by atoms with Gasteiger partial charge in [0.15, 0.2) is 0 Å². The number of thiophene rings is 1. The molecule has 1 aliphatic heterocycles. The van der Waals surface area contributed by atoms with E-state index in [9.17, 15) is 0 Å². The molecule has 118 valence electrons. The van der Waals surface area contributed by atoms with Gasteiger partial charge in [-0.15, -0.1) is 11.3 Å². The van der Waals surface area contributed by atoms with Gasteiger partial charge in [0.25, 0.3) is 0 Å². The molecule has 0 radical (unpaired) electrons. The quantitative estimate of drug-likeness (QED) is 0.707. The largest absolute Gasteiger partial charge is 0.321 e. The molecule has 0 unspecified atom stereocenters. The summed E-state index contributed by atoms with van der Waals surface area (Å²) < 4.78 is 1.97. The monoisotopic (exact) mass is 343 g/mol. The van der Waals surface area contributed by atoms with Crippen LogP contribution < -0.4 is 0 Å². The molecule has 0 N–H and O–H groups in total. The third kappa shape index (κ3) is 2.71. The Morgan fingerprint density at radius 2 is 2.09 bits per heavy atom. The number of benzene rings is 1. The Kier molecular flexibility index (Phi) is 3.97. The van der Waals surface area contributed by atoms with E-state index < -0.39 is 0 Å². The van der Waals surface area contributed by atoms with Gasteiger partial charge in [-0.1, -0.05) is 41.9 Å². The Hall–Kier alpha value is -1.62. The van der Waals surface area contributed by atoms with Gasteiger partial charge in [-0.3, -0.25) is 4.90 Å². The van der Waals surface area contributed by atoms with Crippen molar-refractivity contribution in [2.75, 3.05) is 6.54 Å². The van der Waals surface area contributed by atoms with Crippen molar-refractivity contribution >= 4 is 22.9 Å². The lowest BCUT2D eigenvalue weighted by atomic mass is 9.93. The Morgan fingerprint density at radius 3 is 2.83 bits per heavy atom. The van der Waals surface area contributed by atoms with E-state index in [4.69, 9.17) is 11.6 Å². The van der Waals surface area contributed by atoms with Gasteiger partial charge in [0, 0.05) is 18.5 Å². The smallest absolute Gasteiger partial charge is 0.128 e. The fourth-order valence-electron chi connectivity index (χ4n) is 3.32. The first-order valence-electron chi connectivity index (χ1n) is 7.75. The number of imidazole rings is 1. The van der Waals surface area contributed by atoms with Crippen LogP contribution in [0, 0.1) is 0 Å². The Balaban J connectivity index is 1.72. The molecule has 23 heavy (non-hydrogen) atoms. The van der Waals surface area contributed by atoms with Gasteiger partial charge in [-0.05, 0) is 29.0 Å². The SMILES string of the molecule is Cn1c(Cl)cnc1CN1CCc2sccc2[C@H]1c1ccccc1. The third-order valence-electron chi connectivity index (χ3n) is 4.55. The van der Waals surface area contributed by atoms with E-state index >= 15 is 0 Å². The van der Waals surface area contributed by atoms with Gasteiger partial charge < -0.3 is 4.57 Å². The lowest BCUT2D eigenvalue weighted by Crippen LogP contribution is -2.35. The van der Waals surface area contributed by atoms with E-state index in [2.05, 4.69) is 51.7 Å². The van der Waals surface area contributed by atoms with Crippen LogP contribution in [0.4, 0.5) is 0 Å². The summed E-state index contributed by atoms with van der Waals surface area (Å²) in [5, 5.41) is 2.89. The number of nitrogens with zero attached hydrogens (tertiary/aromatic N) is 3. The first-order valence-corrected chi connectivity index (χ1v) is 9.01. The van der Waals surface area contributed by atoms with Gasteiger partial charge in [0.1, 0.15) is 11.0 Å². The van der Waals surface area contributed by atoms with Crippen LogP contribution in [0.25, 0.3) is 0 Å². The molecular formula is C18H18ClN3S. The zero-order valence-electron chi connectivity index (χ0n) is 12.9. The van der Waals surface area contributed by atoms with E-state index in [0.29, 0.717) is 11.2 Å². The van der Waals surface area contributed by atoms with Crippen molar-refractivity contribution in [2.45, 2.75) is 19.0 Å². The molecule has 2 aromatic heterocycles. The lowest BCUT2D eigenvalue weighted by molar-refractivity contribution is 0.199. The number of hydrogen-bond acceptors (Lipinski definition) is 3. The van der Waals surface area contributed by atoms with Gasteiger partial charge in [0.2, 0.25) is 0 Å². The molecule has 3 heterocycles. The van der Waals surface area contributed by atoms with E-state index in [1.807, 2.05) is 23.0 Å². The van der Waals surface area contributed by atoms with Crippen molar-refractivity contribution in [1.82, 2.24) is 14.5 Å². The zero-order chi connectivity index (χ0) is 15.8. The second kappa shape index (κ2) is 6.11. The molecule has 1 atom stereocenters. The highest BCUT2D eigenvalue weighted by atomic mass is 35.5. The second-order valence-electron chi connectivity index (χ2n) is 5.89. The van der Waals surface area contributed by atoms with E-state index in [1.165, 1.54) is 16.0 Å². The minimum Gasteiger partial charge on any atom is -0.321 e. The summed E-state index contributed by atoms with van der Waals surface area (Å²) in [6.07, 6.45) is 2.84. The summed E-state index contributed by atoms with van der Waals surface area (Å²) in [7, 11) is 1.97. The average molecular weight is 344 g/mol. The molecule has 1 aromatic carbocycles. The number of hydrogen-bond donors (Lipinski definition) is 0. The molecular weight excluding hydrogens is 326 g/mol. The van der Waals surface area contributed by atoms with Crippen molar-refractivity contribution in [1.29, 1.82) is 0 Å². The maximum atomic E-state index is 6.15. The topological polar surface area (TPSA) is 21.1 Å². The first kappa shape index (κ1) is 14.9. The highest BCUT2D eigenvalue weighted by molar-refractivity contribution is 7.10. The van der Waals surface area contributed by atoms with Crippen LogP contribution in [0.2, 0.25) is 5.15 Å². The standard InChI is InChI=1S/C18H18ClN3S/c1-21-16(19)11-20-17(21)12-22-9-7-15-14(8-10-23-15)18(22)13-5-3-2-4-6-13/h2-6,8,10-11,18H,7,9,12H2,1H3/t18-/m1/s1. The Bertz CT molecular complexity index is 809. The molecule has 5 heteroatoms. The van der Waals surface area contributed by atoms with Crippen molar-refractivity contribution < 1.29 is 0 Å². The third-order valence-corrected chi connectivity index (χ3v) is 5.90. The van der Waals surface area contributed by atoms with Crippen LogP contribution in [0.3, 0.4) is 0 Å². The van der Waals surface area contributed by atoms with E-state index in [0.717, 1.165) is 25.3 Å². The Morgan fingerprint density at radius 1 is 1.26 bits per heavy atom. The maximum Gasteiger partial charge on any atom is 0.128 e. The minimum atomic E-state index is 0.293. The van der Waals surface area contributed by atoms with Crippen LogP contribution >= 0.6 is 22.9 Å². The molecule has 1 aliphatic rings. The van der Waals surface area contributed by atoms with E-state index in [-0.39, 0.29) is 0 Å². The van der Waals surface area contributed by atoms with Gasteiger partial charge >= 0.3 is 0 Å². The van der Waals surface area contributed by atoms with E-state index in [1.54, 1.807) is 6.20 Å². The number of halogens is 1. The minimum absolute atomic E-state index is 0.293. The van der Waals surface area contributed by atoms with Crippen molar-refractivity contribution in [3.8, 4) is 0 Å². The highest BCUT2D eigenvalue weighted by Crippen LogP contribution is 2.38. The maximum absolute atomic E-state index is 6.15. The lowest BCUT2D eigenvalue weighted by Gasteiger charge is -2.36. The molecule has 0 bridgehead atoms. The van der Waals surface area contributed by atoms with Gasteiger partial charge in [0.05, 0.1) is 18.8 Å². The van der Waals surface area contributed by atoms with Crippen LogP contribution in [0.5, 0.6) is 0 Å². The van der Waals surface area contributed by atoms with Crippen molar-refractivity contribution in [2.24, 2.45) is 7.05 Å². The molecule has 0 aliphatic carbocycles. The number of aromatic nitrogens is 2. The summed E-state index contributed by atoms with van der Waals surface area (Å²) in [5.41, 5.74) is 2.78. The van der Waals surface area contributed by atoms with Crippen molar-refractivity contribution in [3.05, 3.63) is 75.0 Å². The summed E-state index contributed by atoms with van der Waals surface area (Å²) in [6.45, 7) is 1.84. The zero-order valence-corrected chi connectivity index (χ0v) is 14.5. The molecule has 0 saturated heterocycles. The molecule has 4 rings (SSSR count). The summed E-state index contributed by atoms with van der Waals surface area (Å²) in [6, 6.07) is 13.3. The molecule has 0 amide bonds. The molecule has 0 spiro atoms. The number of rotatable bonds is 3. The molecule has 0 fully saturated rings. The van der Waals surface area contributed by atoms with Gasteiger partial charge in [-0.25, -0.2) is 4.98 Å². The summed E-state index contributed by atoms with van der Waals surface area (Å²) >= 11 is 8.02. The summed E-state index contributed by atoms with van der Waals surface area (Å²) in [4.78, 5) is 8.48. The van der Waals surface area contributed by atoms with Crippen molar-refractivity contribution in [3.63, 3.8) is 0 Å². The fraction of sp³-hybridized carbons (Fsp3) is 0.278. The normalized spacial score (nSPS) is 18.1. The Labute approximate surface area is 145 Å². The molecule has 3 nitrogen and oxygen atoms in total. The van der Waals surface area contributed by atoms with Crippen LogP contribution in [0.15, 0.2) is 48.0 Å². The summed E-state index contributed by atoms with van der Waals surface area (Å²) in [5.74, 6) is 1.01. The van der Waals surface area contributed by atoms with Gasteiger partial charge in [-0.2, -0.15) is 0 Å². The first-order chi connectivity index (χ1) is 11.2. The molecule has 3 aromatic rings. The van der Waals surface area contributed by atoms with Crippen LogP contribution in [0.1, 0.15) is 27.9 Å².